The highest BCUT2D eigenvalue weighted by molar-refractivity contribution is 6.21. The van der Waals surface area contributed by atoms with Gasteiger partial charge in [0.15, 0.2) is 0 Å². The lowest BCUT2D eigenvalue weighted by molar-refractivity contribution is -0.131. The normalized spacial score (nSPS) is 18.4. The van der Waals surface area contributed by atoms with Crippen LogP contribution in [0.2, 0.25) is 0 Å². The molecular weight excluding hydrogens is 282 g/mol. The second kappa shape index (κ2) is 6.27. The van der Waals surface area contributed by atoms with Gasteiger partial charge in [-0.2, -0.15) is 0 Å². The number of fused-ring (bicyclic) bond motifs is 1. The van der Waals surface area contributed by atoms with E-state index in [4.69, 9.17) is 0 Å². The fourth-order valence-electron chi connectivity index (χ4n) is 2.90. The molecule has 2 aliphatic rings. The lowest BCUT2D eigenvalue weighted by atomic mass is 10.1. The van der Waals surface area contributed by atoms with E-state index in [1.807, 2.05) is 0 Å². The largest absolute Gasteiger partial charge is 0.341 e. The highest BCUT2D eigenvalue weighted by atomic mass is 16.2. The van der Waals surface area contributed by atoms with E-state index in [1.54, 1.807) is 29.2 Å². The van der Waals surface area contributed by atoms with Gasteiger partial charge in [0.25, 0.3) is 11.8 Å². The Morgan fingerprint density at radius 3 is 2.41 bits per heavy atom. The van der Waals surface area contributed by atoms with Crippen molar-refractivity contribution in [2.24, 2.45) is 0 Å². The van der Waals surface area contributed by atoms with Gasteiger partial charge in [-0.05, 0) is 25.1 Å². The number of benzene rings is 1. The molecule has 0 aromatic heterocycles. The molecule has 1 saturated heterocycles. The molecule has 0 aliphatic carbocycles. The number of imide groups is 1. The zero-order valence-corrected chi connectivity index (χ0v) is 12.4. The summed E-state index contributed by atoms with van der Waals surface area (Å²) in [4.78, 5) is 39.7. The van der Waals surface area contributed by atoms with Gasteiger partial charge in [0.05, 0.1) is 11.1 Å². The minimum Gasteiger partial charge on any atom is -0.341 e. The second-order valence-corrected chi connectivity index (χ2v) is 5.54. The maximum absolute atomic E-state index is 12.2. The Labute approximate surface area is 129 Å². The molecule has 0 saturated carbocycles. The van der Waals surface area contributed by atoms with Gasteiger partial charge in [0, 0.05) is 32.6 Å². The van der Waals surface area contributed by atoms with E-state index in [-0.39, 0.29) is 30.7 Å². The summed E-state index contributed by atoms with van der Waals surface area (Å²) in [6.45, 7) is 3.27. The summed E-state index contributed by atoms with van der Waals surface area (Å²) < 4.78 is 0. The van der Waals surface area contributed by atoms with Crippen LogP contribution < -0.4 is 5.32 Å². The second-order valence-electron chi connectivity index (χ2n) is 5.54. The van der Waals surface area contributed by atoms with E-state index in [0.29, 0.717) is 17.7 Å². The van der Waals surface area contributed by atoms with Crippen LogP contribution in [0.5, 0.6) is 0 Å². The van der Waals surface area contributed by atoms with Gasteiger partial charge in [-0.25, -0.2) is 0 Å². The summed E-state index contributed by atoms with van der Waals surface area (Å²) >= 11 is 0. The van der Waals surface area contributed by atoms with Crippen molar-refractivity contribution < 1.29 is 14.4 Å². The number of amides is 3. The van der Waals surface area contributed by atoms with Crippen LogP contribution in [0.1, 0.15) is 33.6 Å². The summed E-state index contributed by atoms with van der Waals surface area (Å²) in [5.41, 5.74) is 0.859. The van der Waals surface area contributed by atoms with Gasteiger partial charge in [0.1, 0.15) is 0 Å². The molecule has 2 aliphatic heterocycles. The number of carbonyl (C=O) groups excluding carboxylic acids is 3. The Balaban J connectivity index is 1.61. The van der Waals surface area contributed by atoms with E-state index in [9.17, 15) is 14.4 Å². The first-order chi connectivity index (χ1) is 10.7. The highest BCUT2D eigenvalue weighted by Gasteiger charge is 2.35. The first-order valence-corrected chi connectivity index (χ1v) is 7.62. The fourth-order valence-corrected chi connectivity index (χ4v) is 2.90. The molecule has 0 atom stereocenters. The molecule has 3 amide bonds. The van der Waals surface area contributed by atoms with Crippen molar-refractivity contribution in [1.29, 1.82) is 0 Å². The van der Waals surface area contributed by atoms with E-state index in [1.165, 1.54) is 4.90 Å². The number of carbonyl (C=O) groups is 3. The van der Waals surface area contributed by atoms with Crippen molar-refractivity contribution in [2.45, 2.75) is 12.8 Å². The molecule has 1 aromatic carbocycles. The summed E-state index contributed by atoms with van der Waals surface area (Å²) in [5, 5.41) is 3.24. The van der Waals surface area contributed by atoms with E-state index in [0.717, 1.165) is 26.1 Å². The van der Waals surface area contributed by atoms with E-state index in [2.05, 4.69) is 5.32 Å². The van der Waals surface area contributed by atoms with Crippen LogP contribution in [0, 0.1) is 0 Å². The minimum absolute atomic E-state index is 0.000237. The Morgan fingerprint density at radius 2 is 1.73 bits per heavy atom. The third-order valence-corrected chi connectivity index (χ3v) is 4.12. The number of hydrogen-bond donors (Lipinski definition) is 1. The molecule has 22 heavy (non-hydrogen) atoms. The Morgan fingerprint density at radius 1 is 1.05 bits per heavy atom. The quantitative estimate of drug-likeness (QED) is 0.825. The summed E-state index contributed by atoms with van der Waals surface area (Å²) in [6.07, 6.45) is 1.12. The molecule has 0 bridgehead atoms. The SMILES string of the molecule is O=C(CCN1C(=O)c2ccccc2C1=O)N1CCCNCC1. The van der Waals surface area contributed by atoms with Crippen LogP contribution in [0.3, 0.4) is 0 Å². The summed E-state index contributed by atoms with van der Waals surface area (Å²) in [6, 6.07) is 6.78. The van der Waals surface area contributed by atoms with Crippen LogP contribution in [0.15, 0.2) is 24.3 Å². The van der Waals surface area contributed by atoms with Crippen LogP contribution in [0.4, 0.5) is 0 Å². The standard InChI is InChI=1S/C16H19N3O3/c20-14(18-9-3-7-17-8-11-18)6-10-19-15(21)12-4-1-2-5-13(12)16(19)22/h1-2,4-5,17H,3,6-11H2. The van der Waals surface area contributed by atoms with Crippen molar-refractivity contribution in [3.05, 3.63) is 35.4 Å². The summed E-state index contributed by atoms with van der Waals surface area (Å²) in [5.74, 6) is -0.600. The van der Waals surface area contributed by atoms with Gasteiger partial charge < -0.3 is 10.2 Å². The number of nitrogens with one attached hydrogen (secondary N) is 1. The molecule has 6 nitrogen and oxygen atoms in total. The van der Waals surface area contributed by atoms with Crippen molar-refractivity contribution in [1.82, 2.24) is 15.1 Å². The Kier molecular flexibility index (Phi) is 4.20. The zero-order valence-electron chi connectivity index (χ0n) is 12.4. The lowest BCUT2D eigenvalue weighted by Crippen LogP contribution is -2.38. The molecule has 3 rings (SSSR count). The van der Waals surface area contributed by atoms with Crippen LogP contribution >= 0.6 is 0 Å². The van der Waals surface area contributed by atoms with Gasteiger partial charge in [0.2, 0.25) is 5.91 Å². The van der Waals surface area contributed by atoms with Gasteiger partial charge in [-0.15, -0.1) is 0 Å². The fraction of sp³-hybridized carbons (Fsp3) is 0.438. The average Bonchev–Trinajstić information content (AvgIpc) is 2.75. The van der Waals surface area contributed by atoms with E-state index >= 15 is 0 Å². The molecular formula is C16H19N3O3. The monoisotopic (exact) mass is 301 g/mol. The number of nitrogens with zero attached hydrogens (tertiary/aromatic N) is 2. The Bertz CT molecular complexity index is 571. The minimum atomic E-state index is -0.300. The van der Waals surface area contributed by atoms with Gasteiger partial charge >= 0.3 is 0 Å². The Hall–Kier alpha value is -2.21. The average molecular weight is 301 g/mol. The van der Waals surface area contributed by atoms with Crippen molar-refractivity contribution in [2.75, 3.05) is 32.7 Å². The molecule has 1 fully saturated rings. The predicted molar refractivity (Wildman–Crippen MR) is 80.5 cm³/mol. The van der Waals surface area contributed by atoms with Crippen LogP contribution in [-0.2, 0) is 4.79 Å². The van der Waals surface area contributed by atoms with Gasteiger partial charge in [-0.3, -0.25) is 19.3 Å². The summed E-state index contributed by atoms with van der Waals surface area (Å²) in [7, 11) is 0. The third-order valence-electron chi connectivity index (χ3n) is 4.12. The molecule has 6 heteroatoms. The maximum Gasteiger partial charge on any atom is 0.261 e. The lowest BCUT2D eigenvalue weighted by Gasteiger charge is -2.21. The molecule has 0 unspecified atom stereocenters. The topological polar surface area (TPSA) is 69.7 Å². The number of rotatable bonds is 3. The zero-order chi connectivity index (χ0) is 15.5. The predicted octanol–water partition coefficient (Wildman–Crippen LogP) is 0.495. The number of hydrogen-bond acceptors (Lipinski definition) is 4. The van der Waals surface area contributed by atoms with Crippen LogP contribution in [-0.4, -0.2) is 60.2 Å². The molecule has 0 radical (unpaired) electrons. The molecule has 1 aromatic rings. The van der Waals surface area contributed by atoms with Crippen molar-refractivity contribution >= 4 is 17.7 Å². The first kappa shape index (κ1) is 14.7. The molecule has 0 spiro atoms. The maximum atomic E-state index is 12.2. The third kappa shape index (κ3) is 2.74. The highest BCUT2D eigenvalue weighted by Crippen LogP contribution is 2.22. The molecule has 116 valence electrons. The van der Waals surface area contributed by atoms with Crippen LogP contribution in [0.25, 0.3) is 0 Å². The molecule has 1 N–H and O–H groups in total. The van der Waals surface area contributed by atoms with Crippen molar-refractivity contribution in [3.63, 3.8) is 0 Å². The van der Waals surface area contributed by atoms with Crippen molar-refractivity contribution in [3.8, 4) is 0 Å². The van der Waals surface area contributed by atoms with Gasteiger partial charge in [-0.1, -0.05) is 12.1 Å². The molecule has 2 heterocycles. The smallest absolute Gasteiger partial charge is 0.261 e. The van der Waals surface area contributed by atoms with E-state index < -0.39 is 0 Å². The first-order valence-electron chi connectivity index (χ1n) is 7.62.